The highest BCUT2D eigenvalue weighted by molar-refractivity contribution is 6.31. The lowest BCUT2D eigenvalue weighted by Gasteiger charge is -2.33. The Morgan fingerprint density at radius 2 is 1.87 bits per heavy atom. The van der Waals surface area contributed by atoms with Gasteiger partial charge >= 0.3 is 0 Å². The van der Waals surface area contributed by atoms with Crippen LogP contribution >= 0.6 is 23.2 Å². The van der Waals surface area contributed by atoms with Gasteiger partial charge in [-0.1, -0.05) is 29.3 Å². The molecule has 31 heavy (non-hydrogen) atoms. The molecule has 0 fully saturated rings. The van der Waals surface area contributed by atoms with Crippen LogP contribution in [0.3, 0.4) is 0 Å². The first-order valence-electron chi connectivity index (χ1n) is 9.51. The molecular weight excluding hydrogens is 439 g/mol. The molecule has 0 saturated carbocycles. The zero-order valence-corrected chi connectivity index (χ0v) is 18.0. The second kappa shape index (κ2) is 8.53. The Balaban J connectivity index is 1.70. The molecule has 158 valence electrons. The summed E-state index contributed by atoms with van der Waals surface area (Å²) in [6.45, 7) is -0.0923. The topological polar surface area (TPSA) is 91.4 Å². The van der Waals surface area contributed by atoms with Crippen LogP contribution in [0.25, 0.3) is 10.8 Å². The van der Waals surface area contributed by atoms with E-state index in [-0.39, 0.29) is 30.8 Å². The molecule has 1 aliphatic rings. The molecular formula is C22H18Cl2N4O3. The molecule has 0 saturated heterocycles. The van der Waals surface area contributed by atoms with E-state index in [4.69, 9.17) is 23.2 Å². The lowest BCUT2D eigenvalue weighted by atomic mass is 9.88. The van der Waals surface area contributed by atoms with Crippen molar-refractivity contribution in [3.05, 3.63) is 70.0 Å². The molecule has 4 rings (SSSR count). The number of hydrogen-bond donors (Lipinski definition) is 2. The smallest absolute Gasteiger partial charge is 0.254 e. The van der Waals surface area contributed by atoms with Crippen molar-refractivity contribution >= 4 is 57.4 Å². The molecule has 1 aliphatic heterocycles. The Morgan fingerprint density at radius 3 is 2.65 bits per heavy atom. The molecule has 3 aromatic rings. The second-order valence-electron chi connectivity index (χ2n) is 7.18. The van der Waals surface area contributed by atoms with Crippen molar-refractivity contribution in [1.82, 2.24) is 15.2 Å². The molecule has 2 N–H and O–H groups in total. The number of hydrogen-bond acceptors (Lipinski definition) is 4. The van der Waals surface area contributed by atoms with Crippen LogP contribution in [0.5, 0.6) is 0 Å². The van der Waals surface area contributed by atoms with Gasteiger partial charge in [0.1, 0.15) is 0 Å². The van der Waals surface area contributed by atoms with Crippen LogP contribution in [0.15, 0.2) is 48.8 Å². The van der Waals surface area contributed by atoms with E-state index in [0.717, 1.165) is 10.8 Å². The van der Waals surface area contributed by atoms with E-state index in [1.54, 1.807) is 42.7 Å². The molecule has 0 unspecified atom stereocenters. The summed E-state index contributed by atoms with van der Waals surface area (Å²) in [5, 5.41) is 7.97. The van der Waals surface area contributed by atoms with E-state index >= 15 is 0 Å². The Kier molecular flexibility index (Phi) is 5.80. The predicted molar refractivity (Wildman–Crippen MR) is 120 cm³/mol. The highest BCUT2D eigenvalue weighted by atomic mass is 35.5. The number of nitrogens with zero attached hydrogens (tertiary/aromatic N) is 2. The fourth-order valence-electron chi connectivity index (χ4n) is 3.67. The predicted octanol–water partition coefficient (Wildman–Crippen LogP) is 3.47. The first-order chi connectivity index (χ1) is 14.9. The Morgan fingerprint density at radius 1 is 1.13 bits per heavy atom. The van der Waals surface area contributed by atoms with Crippen molar-refractivity contribution in [2.24, 2.45) is 0 Å². The van der Waals surface area contributed by atoms with Crippen LogP contribution < -0.4 is 10.6 Å². The minimum Gasteiger partial charge on any atom is -0.358 e. The van der Waals surface area contributed by atoms with E-state index in [1.807, 2.05) is 6.07 Å². The molecule has 0 radical (unpaired) electrons. The van der Waals surface area contributed by atoms with Crippen molar-refractivity contribution in [3.8, 4) is 0 Å². The SMILES string of the molecule is CNC(=O)CN1C[C@@H](C(=O)Nc2cncc3cc(Cl)ccc23)c2cc(Cl)ccc2C1=O. The maximum atomic E-state index is 13.3. The van der Waals surface area contributed by atoms with E-state index in [1.165, 1.54) is 11.9 Å². The Labute approximate surface area is 188 Å². The molecule has 7 nitrogen and oxygen atoms in total. The maximum Gasteiger partial charge on any atom is 0.254 e. The van der Waals surface area contributed by atoms with Gasteiger partial charge in [-0.3, -0.25) is 19.4 Å². The lowest BCUT2D eigenvalue weighted by molar-refractivity contribution is -0.122. The largest absolute Gasteiger partial charge is 0.358 e. The van der Waals surface area contributed by atoms with Gasteiger partial charge in [-0.25, -0.2) is 0 Å². The third-order valence-electron chi connectivity index (χ3n) is 5.22. The van der Waals surface area contributed by atoms with Gasteiger partial charge in [0.2, 0.25) is 11.8 Å². The number of pyridine rings is 1. The summed E-state index contributed by atoms with van der Waals surface area (Å²) in [5.74, 6) is -1.68. The first-order valence-corrected chi connectivity index (χ1v) is 10.3. The number of rotatable bonds is 4. The molecule has 1 atom stereocenters. The van der Waals surface area contributed by atoms with E-state index < -0.39 is 5.92 Å². The van der Waals surface area contributed by atoms with Crippen LogP contribution in [0.1, 0.15) is 21.8 Å². The highest BCUT2D eigenvalue weighted by Gasteiger charge is 2.36. The summed E-state index contributed by atoms with van der Waals surface area (Å²) in [7, 11) is 1.49. The van der Waals surface area contributed by atoms with Crippen LogP contribution in [0.4, 0.5) is 5.69 Å². The van der Waals surface area contributed by atoms with Crippen molar-refractivity contribution in [1.29, 1.82) is 0 Å². The average molecular weight is 457 g/mol. The fourth-order valence-corrected chi connectivity index (χ4v) is 4.03. The average Bonchev–Trinajstić information content (AvgIpc) is 2.75. The molecule has 2 aromatic carbocycles. The molecule has 3 amide bonds. The number of likely N-dealkylation sites (N-methyl/N-ethyl adjacent to an activating group) is 1. The van der Waals surface area contributed by atoms with Gasteiger partial charge in [0, 0.05) is 46.2 Å². The molecule has 2 heterocycles. The Hall–Kier alpha value is -3.16. The zero-order chi connectivity index (χ0) is 22.1. The molecule has 0 bridgehead atoms. The lowest BCUT2D eigenvalue weighted by Crippen LogP contribution is -2.47. The third kappa shape index (κ3) is 4.19. The maximum absolute atomic E-state index is 13.3. The zero-order valence-electron chi connectivity index (χ0n) is 16.5. The molecule has 1 aromatic heterocycles. The number of amides is 3. The van der Waals surface area contributed by atoms with Crippen molar-refractivity contribution in [3.63, 3.8) is 0 Å². The van der Waals surface area contributed by atoms with Gasteiger partial charge in [-0.15, -0.1) is 0 Å². The summed E-state index contributed by atoms with van der Waals surface area (Å²) in [4.78, 5) is 43.6. The fraction of sp³-hybridized carbons (Fsp3) is 0.182. The number of fused-ring (bicyclic) bond motifs is 2. The van der Waals surface area contributed by atoms with E-state index in [2.05, 4.69) is 15.6 Å². The molecule has 9 heteroatoms. The van der Waals surface area contributed by atoms with Crippen molar-refractivity contribution < 1.29 is 14.4 Å². The number of carbonyl (C=O) groups is 3. The van der Waals surface area contributed by atoms with Crippen LogP contribution in [0, 0.1) is 0 Å². The third-order valence-corrected chi connectivity index (χ3v) is 5.69. The Bertz CT molecular complexity index is 1210. The quantitative estimate of drug-likeness (QED) is 0.628. The normalized spacial score (nSPS) is 15.5. The van der Waals surface area contributed by atoms with Crippen molar-refractivity contribution in [2.45, 2.75) is 5.92 Å². The van der Waals surface area contributed by atoms with Gasteiger partial charge < -0.3 is 15.5 Å². The summed E-state index contributed by atoms with van der Waals surface area (Å²) in [6, 6.07) is 10.1. The summed E-state index contributed by atoms with van der Waals surface area (Å²) >= 11 is 12.2. The number of benzene rings is 2. The van der Waals surface area contributed by atoms with Gasteiger partial charge in [0.15, 0.2) is 0 Å². The number of aromatic nitrogens is 1. The number of nitrogens with one attached hydrogen (secondary N) is 2. The first kappa shape index (κ1) is 21.1. The van der Waals surface area contributed by atoms with Crippen LogP contribution in [0.2, 0.25) is 10.0 Å². The number of carbonyl (C=O) groups excluding carboxylic acids is 3. The van der Waals surface area contributed by atoms with Gasteiger partial charge in [0.25, 0.3) is 5.91 Å². The summed E-state index contributed by atoms with van der Waals surface area (Å²) < 4.78 is 0. The summed E-state index contributed by atoms with van der Waals surface area (Å²) in [5.41, 5.74) is 1.40. The monoisotopic (exact) mass is 456 g/mol. The van der Waals surface area contributed by atoms with Crippen molar-refractivity contribution in [2.75, 3.05) is 25.5 Å². The number of halogens is 2. The van der Waals surface area contributed by atoms with E-state index in [9.17, 15) is 14.4 Å². The van der Waals surface area contributed by atoms with Gasteiger partial charge in [-0.05, 0) is 35.9 Å². The molecule has 0 spiro atoms. The minimum atomic E-state index is -0.710. The van der Waals surface area contributed by atoms with Gasteiger partial charge in [-0.2, -0.15) is 0 Å². The highest BCUT2D eigenvalue weighted by Crippen LogP contribution is 2.32. The minimum absolute atomic E-state index is 0.0510. The van der Waals surface area contributed by atoms with Crippen LogP contribution in [-0.4, -0.2) is 47.7 Å². The second-order valence-corrected chi connectivity index (χ2v) is 8.06. The summed E-state index contributed by atoms with van der Waals surface area (Å²) in [6.07, 6.45) is 3.22. The van der Waals surface area contributed by atoms with Gasteiger partial charge in [0.05, 0.1) is 24.3 Å². The molecule has 0 aliphatic carbocycles. The number of anilines is 1. The standard InChI is InChI=1S/C22H18Cl2N4O3/c1-25-20(29)11-28-10-18(17-7-14(24)3-5-16(17)22(28)31)21(30)27-19-9-26-8-12-6-13(23)2-4-15(12)19/h2-9,18H,10-11H2,1H3,(H,25,29)(H,27,30)/t18-/m1/s1. The van der Waals surface area contributed by atoms with E-state index in [0.29, 0.717) is 26.9 Å². The van der Waals surface area contributed by atoms with Crippen LogP contribution in [-0.2, 0) is 9.59 Å².